The molecule has 0 aliphatic carbocycles. The Morgan fingerprint density at radius 2 is 1.81 bits per heavy atom. The summed E-state index contributed by atoms with van der Waals surface area (Å²) in [5.41, 5.74) is 4.38. The number of rotatable bonds is 5. The summed E-state index contributed by atoms with van der Waals surface area (Å²) in [6.45, 7) is 10.6. The van der Waals surface area contributed by atoms with Crippen LogP contribution in [-0.4, -0.2) is 34.2 Å². The van der Waals surface area contributed by atoms with Crippen LogP contribution >= 0.6 is 0 Å². The number of aryl methyl sites for hydroxylation is 2. The van der Waals surface area contributed by atoms with E-state index in [1.807, 2.05) is 74.0 Å². The molecule has 1 aliphatic rings. The van der Waals surface area contributed by atoms with Crippen molar-refractivity contribution in [3.8, 4) is 5.69 Å². The first-order valence-corrected chi connectivity index (χ1v) is 11.2. The van der Waals surface area contributed by atoms with E-state index in [2.05, 4.69) is 19.2 Å². The highest BCUT2D eigenvalue weighted by atomic mass is 16.2. The lowest BCUT2D eigenvalue weighted by atomic mass is 9.78. The highest BCUT2D eigenvalue weighted by Gasteiger charge is 2.45. The Labute approximate surface area is 189 Å². The van der Waals surface area contributed by atoms with E-state index in [-0.39, 0.29) is 23.7 Å². The van der Waals surface area contributed by atoms with Crippen molar-refractivity contribution in [2.24, 2.45) is 5.92 Å². The maximum atomic E-state index is 13.7. The number of carbonyl (C=O) groups excluding carboxylic acids is 2. The first kappa shape index (κ1) is 21.8. The van der Waals surface area contributed by atoms with Crippen LogP contribution in [0.25, 0.3) is 5.69 Å². The quantitative estimate of drug-likeness (QED) is 0.653. The zero-order valence-corrected chi connectivity index (χ0v) is 19.3. The summed E-state index contributed by atoms with van der Waals surface area (Å²) in [5.74, 6) is 0.432. The highest BCUT2D eigenvalue weighted by molar-refractivity contribution is 6.05. The monoisotopic (exact) mass is 430 g/mol. The fourth-order valence-corrected chi connectivity index (χ4v) is 4.71. The van der Waals surface area contributed by atoms with E-state index >= 15 is 0 Å². The van der Waals surface area contributed by atoms with Gasteiger partial charge < -0.3 is 5.32 Å². The van der Waals surface area contributed by atoms with E-state index in [9.17, 15) is 9.59 Å². The van der Waals surface area contributed by atoms with Crippen LogP contribution < -0.4 is 10.2 Å². The molecule has 2 heterocycles. The van der Waals surface area contributed by atoms with Crippen LogP contribution in [0.4, 0.5) is 5.82 Å². The molecule has 0 saturated carbocycles. The molecule has 166 valence electrons. The number of nitrogens with zero attached hydrogens (tertiary/aromatic N) is 3. The average molecular weight is 431 g/mol. The number of fused-ring (bicyclic) bond motifs is 1. The van der Waals surface area contributed by atoms with Crippen molar-refractivity contribution in [1.29, 1.82) is 0 Å². The van der Waals surface area contributed by atoms with Crippen LogP contribution in [0.1, 0.15) is 53.9 Å². The van der Waals surface area contributed by atoms with Crippen LogP contribution in [0.3, 0.4) is 0 Å². The van der Waals surface area contributed by atoms with Crippen LogP contribution in [0.2, 0.25) is 0 Å². The van der Waals surface area contributed by atoms with Gasteiger partial charge in [0.2, 0.25) is 0 Å². The molecule has 3 aromatic rings. The van der Waals surface area contributed by atoms with Gasteiger partial charge in [-0.25, -0.2) is 4.68 Å². The molecule has 2 amide bonds. The molecule has 0 fully saturated rings. The van der Waals surface area contributed by atoms with Crippen molar-refractivity contribution in [1.82, 2.24) is 15.1 Å². The zero-order chi connectivity index (χ0) is 23.0. The van der Waals surface area contributed by atoms with E-state index < -0.39 is 6.04 Å². The molecule has 1 aromatic heterocycles. The van der Waals surface area contributed by atoms with Crippen LogP contribution in [0.5, 0.6) is 0 Å². The average Bonchev–Trinajstić information content (AvgIpc) is 3.11. The van der Waals surface area contributed by atoms with E-state index in [1.165, 1.54) is 0 Å². The van der Waals surface area contributed by atoms with Gasteiger partial charge in [0.05, 0.1) is 11.4 Å². The number of nitrogens with one attached hydrogen (secondary N) is 1. The normalized spacial score (nSPS) is 18.1. The number of amides is 2. The van der Waals surface area contributed by atoms with Gasteiger partial charge in [-0.3, -0.25) is 14.5 Å². The van der Waals surface area contributed by atoms with Crippen molar-refractivity contribution < 1.29 is 9.59 Å². The van der Waals surface area contributed by atoms with Crippen molar-refractivity contribution >= 4 is 17.6 Å². The molecule has 6 nitrogen and oxygen atoms in total. The molecular formula is C26H30N4O2. The van der Waals surface area contributed by atoms with Gasteiger partial charge in [-0.1, -0.05) is 49.7 Å². The second kappa shape index (κ2) is 8.61. The van der Waals surface area contributed by atoms with Gasteiger partial charge in [-0.2, -0.15) is 5.10 Å². The summed E-state index contributed by atoms with van der Waals surface area (Å²) in [6, 6.07) is 16.6. The third-order valence-electron chi connectivity index (χ3n) is 6.16. The second-order valence-corrected chi connectivity index (χ2v) is 8.74. The molecule has 2 aromatic carbocycles. The van der Waals surface area contributed by atoms with E-state index in [0.29, 0.717) is 12.1 Å². The number of aromatic nitrogens is 2. The molecule has 1 N–H and O–H groups in total. The molecule has 0 bridgehead atoms. The smallest absolute Gasteiger partial charge is 0.251 e. The molecule has 1 aliphatic heterocycles. The number of hydrogen-bond acceptors (Lipinski definition) is 3. The number of carbonyl (C=O) groups is 2. The minimum absolute atomic E-state index is 0.100. The standard InChI is InChI=1S/C26H30N4O2/c1-6-29-25-22(18(5)28-30(25)20-13-8-7-9-14-20)21(16(2)3)23(26(29)32)27-24(31)19-12-10-11-17(4)15-19/h7-16,21,23H,6H2,1-5H3,(H,27,31)/t21-,23?/m0/s1. The molecule has 0 spiro atoms. The summed E-state index contributed by atoms with van der Waals surface area (Å²) in [4.78, 5) is 28.6. The molecule has 32 heavy (non-hydrogen) atoms. The Balaban J connectivity index is 1.81. The van der Waals surface area contributed by atoms with Gasteiger partial charge in [0, 0.05) is 23.6 Å². The van der Waals surface area contributed by atoms with Crippen LogP contribution in [-0.2, 0) is 4.79 Å². The maximum absolute atomic E-state index is 13.7. The number of para-hydroxylation sites is 1. The minimum atomic E-state index is -0.650. The summed E-state index contributed by atoms with van der Waals surface area (Å²) in [5, 5.41) is 7.88. The second-order valence-electron chi connectivity index (χ2n) is 8.74. The van der Waals surface area contributed by atoms with Crippen molar-refractivity contribution in [2.75, 3.05) is 11.4 Å². The Hall–Kier alpha value is -3.41. The lowest BCUT2D eigenvalue weighted by Gasteiger charge is -2.40. The van der Waals surface area contributed by atoms with E-state index in [0.717, 1.165) is 28.3 Å². The van der Waals surface area contributed by atoms with Gasteiger partial charge in [-0.15, -0.1) is 0 Å². The van der Waals surface area contributed by atoms with Crippen molar-refractivity contribution in [2.45, 2.75) is 46.6 Å². The van der Waals surface area contributed by atoms with Crippen LogP contribution in [0, 0.1) is 19.8 Å². The summed E-state index contributed by atoms with van der Waals surface area (Å²) < 4.78 is 1.86. The Morgan fingerprint density at radius 3 is 2.44 bits per heavy atom. The van der Waals surface area contributed by atoms with Gasteiger partial charge in [0.25, 0.3) is 11.8 Å². The molecule has 6 heteroatoms. The van der Waals surface area contributed by atoms with Gasteiger partial charge in [0.15, 0.2) is 0 Å². The lowest BCUT2D eigenvalue weighted by molar-refractivity contribution is -0.121. The molecule has 0 saturated heterocycles. The first-order valence-electron chi connectivity index (χ1n) is 11.2. The third-order valence-corrected chi connectivity index (χ3v) is 6.16. The number of benzene rings is 2. The number of likely N-dealkylation sites (N-methyl/N-ethyl adjacent to an activating group) is 1. The summed E-state index contributed by atoms with van der Waals surface area (Å²) in [6.07, 6.45) is 0. The summed E-state index contributed by atoms with van der Waals surface area (Å²) >= 11 is 0. The molecule has 1 unspecified atom stereocenters. The number of hydrogen-bond donors (Lipinski definition) is 1. The SMILES string of the molecule is CCN1C(=O)C(NC(=O)c2cccc(C)c2)[C@@H](C(C)C)c2c(C)nn(-c3ccccc3)c21. The Morgan fingerprint density at radius 1 is 1.09 bits per heavy atom. The lowest BCUT2D eigenvalue weighted by Crippen LogP contribution is -2.56. The minimum Gasteiger partial charge on any atom is -0.340 e. The van der Waals surface area contributed by atoms with Gasteiger partial charge in [-0.05, 0) is 51.0 Å². The topological polar surface area (TPSA) is 67.2 Å². The van der Waals surface area contributed by atoms with E-state index in [4.69, 9.17) is 5.10 Å². The molecule has 2 atom stereocenters. The molecule has 0 radical (unpaired) electrons. The molecular weight excluding hydrogens is 400 g/mol. The predicted octanol–water partition coefficient (Wildman–Crippen LogP) is 4.39. The molecule has 4 rings (SSSR count). The summed E-state index contributed by atoms with van der Waals surface area (Å²) in [7, 11) is 0. The predicted molar refractivity (Wildman–Crippen MR) is 126 cm³/mol. The zero-order valence-electron chi connectivity index (χ0n) is 19.3. The van der Waals surface area contributed by atoms with Crippen molar-refractivity contribution in [3.63, 3.8) is 0 Å². The largest absolute Gasteiger partial charge is 0.340 e. The third kappa shape index (κ3) is 3.70. The number of anilines is 1. The van der Waals surface area contributed by atoms with Gasteiger partial charge >= 0.3 is 0 Å². The van der Waals surface area contributed by atoms with Gasteiger partial charge in [0.1, 0.15) is 11.9 Å². The Kier molecular flexibility index (Phi) is 5.87. The highest BCUT2D eigenvalue weighted by Crippen LogP contribution is 2.43. The van der Waals surface area contributed by atoms with Crippen molar-refractivity contribution in [3.05, 3.63) is 77.0 Å². The van der Waals surface area contributed by atoms with Crippen LogP contribution in [0.15, 0.2) is 54.6 Å². The Bertz CT molecular complexity index is 1150. The first-order chi connectivity index (χ1) is 15.3. The fraction of sp³-hybridized carbons (Fsp3) is 0.346. The maximum Gasteiger partial charge on any atom is 0.251 e. The van der Waals surface area contributed by atoms with E-state index in [1.54, 1.807) is 11.0 Å². The fourth-order valence-electron chi connectivity index (χ4n) is 4.71.